The van der Waals surface area contributed by atoms with E-state index in [1.807, 2.05) is 6.07 Å². The number of hydrogen-bond donors (Lipinski definition) is 0. The maximum atomic E-state index is 11.9. The lowest BCUT2D eigenvalue weighted by Crippen LogP contribution is -2.62. The molecule has 1 unspecified atom stereocenters. The van der Waals surface area contributed by atoms with Crippen LogP contribution in [0.5, 0.6) is 0 Å². The van der Waals surface area contributed by atoms with Crippen molar-refractivity contribution in [3.05, 3.63) is 35.4 Å². The summed E-state index contributed by atoms with van der Waals surface area (Å²) in [6.07, 6.45) is -6.28. The summed E-state index contributed by atoms with van der Waals surface area (Å²) < 4.78 is 32.6. The van der Waals surface area contributed by atoms with Crippen molar-refractivity contribution in [2.45, 2.75) is 65.0 Å². The Bertz CT molecular complexity index is 924. The molecule has 0 radical (unpaired) electrons. The Morgan fingerprint density at radius 1 is 0.879 bits per heavy atom. The molecule has 1 fully saturated rings. The lowest BCUT2D eigenvalue weighted by Gasteiger charge is -2.44. The second-order valence-electron chi connectivity index (χ2n) is 7.15. The molecular weight excluding hydrogens is 438 g/mol. The predicted octanol–water partition coefficient (Wildman–Crippen LogP) is 1.16. The minimum absolute atomic E-state index is 0.130. The number of carbonyl (C=O) groups excluding carboxylic acids is 4. The smallest absolute Gasteiger partial charge is 0.305 e. The van der Waals surface area contributed by atoms with Crippen molar-refractivity contribution < 1.29 is 47.6 Å². The fourth-order valence-corrected chi connectivity index (χ4v) is 3.25. The Morgan fingerprint density at radius 3 is 2.06 bits per heavy atom. The highest BCUT2D eigenvalue weighted by atomic mass is 16.7. The summed E-state index contributed by atoms with van der Waals surface area (Å²) in [5.41, 5.74) is 0.876. The highest BCUT2D eigenvalue weighted by Gasteiger charge is 2.52. The van der Waals surface area contributed by atoms with Gasteiger partial charge >= 0.3 is 23.9 Å². The van der Waals surface area contributed by atoms with Crippen LogP contribution in [0.4, 0.5) is 0 Å². The van der Waals surface area contributed by atoms with Crippen LogP contribution in [-0.4, -0.2) is 61.2 Å². The minimum atomic E-state index is -1.39. The van der Waals surface area contributed by atoms with E-state index in [2.05, 4.69) is 0 Å². The topological polar surface area (TPSA) is 147 Å². The molecule has 0 spiro atoms. The van der Waals surface area contributed by atoms with Gasteiger partial charge < -0.3 is 28.4 Å². The van der Waals surface area contributed by atoms with Gasteiger partial charge in [0.1, 0.15) is 12.7 Å². The third kappa shape index (κ3) is 7.55. The molecule has 0 bridgehead atoms. The van der Waals surface area contributed by atoms with Gasteiger partial charge in [-0.3, -0.25) is 19.2 Å². The van der Waals surface area contributed by atoms with Gasteiger partial charge in [-0.05, 0) is 11.6 Å². The number of rotatable bonds is 8. The summed E-state index contributed by atoms with van der Waals surface area (Å²) in [6, 6.07) is 8.70. The number of nitrogens with zero attached hydrogens (tertiary/aromatic N) is 1. The first-order chi connectivity index (χ1) is 15.6. The van der Waals surface area contributed by atoms with E-state index in [1.54, 1.807) is 24.3 Å². The third-order valence-electron chi connectivity index (χ3n) is 4.50. The van der Waals surface area contributed by atoms with Crippen LogP contribution in [0.2, 0.25) is 0 Å². The van der Waals surface area contributed by atoms with Crippen LogP contribution in [0.25, 0.3) is 0 Å². The van der Waals surface area contributed by atoms with E-state index in [4.69, 9.17) is 28.4 Å². The van der Waals surface area contributed by atoms with Gasteiger partial charge in [0.25, 0.3) is 0 Å². The summed E-state index contributed by atoms with van der Waals surface area (Å²) in [5, 5.41) is 9.31. The van der Waals surface area contributed by atoms with Crippen LogP contribution >= 0.6 is 0 Å². The van der Waals surface area contributed by atoms with Crippen LogP contribution in [0.1, 0.15) is 38.8 Å². The standard InChI is InChI=1S/C22H25NO10/c1-12(24)28-11-18-19(30-13(2)25)20(31-14(3)26)21(22(33-18)32-15(4)27)29-10-17-8-6-5-7-16(17)9-23/h5-8,18-22H,10-11H2,1-4H3/t18-,19-,20+,21-,22?/m1/s1. The normalized spacial score (nSPS) is 24.2. The summed E-state index contributed by atoms with van der Waals surface area (Å²) in [4.78, 5) is 46.7. The summed E-state index contributed by atoms with van der Waals surface area (Å²) in [5.74, 6) is -2.78. The van der Waals surface area contributed by atoms with E-state index >= 15 is 0 Å². The van der Waals surface area contributed by atoms with Crippen molar-refractivity contribution in [3.63, 3.8) is 0 Å². The number of nitriles is 1. The van der Waals surface area contributed by atoms with Crippen molar-refractivity contribution in [3.8, 4) is 6.07 Å². The highest BCUT2D eigenvalue weighted by Crippen LogP contribution is 2.30. The molecule has 0 N–H and O–H groups in total. The number of hydrogen-bond acceptors (Lipinski definition) is 11. The third-order valence-corrected chi connectivity index (χ3v) is 4.50. The molecule has 0 amide bonds. The maximum absolute atomic E-state index is 11.9. The fourth-order valence-electron chi connectivity index (χ4n) is 3.25. The molecule has 0 aliphatic carbocycles. The van der Waals surface area contributed by atoms with Crippen molar-refractivity contribution in [1.29, 1.82) is 5.26 Å². The van der Waals surface area contributed by atoms with Crippen LogP contribution in [0, 0.1) is 11.3 Å². The Hall–Kier alpha value is -3.49. The molecule has 33 heavy (non-hydrogen) atoms. The molecule has 1 heterocycles. The predicted molar refractivity (Wildman–Crippen MR) is 108 cm³/mol. The molecule has 0 aromatic heterocycles. The Labute approximate surface area is 190 Å². The second kappa shape index (κ2) is 11.9. The van der Waals surface area contributed by atoms with Gasteiger partial charge in [0, 0.05) is 27.7 Å². The Kier molecular flexibility index (Phi) is 9.32. The first-order valence-corrected chi connectivity index (χ1v) is 10.0. The zero-order chi connectivity index (χ0) is 24.5. The molecule has 2 rings (SSSR count). The Morgan fingerprint density at radius 2 is 1.48 bits per heavy atom. The van der Waals surface area contributed by atoms with Gasteiger partial charge in [-0.1, -0.05) is 18.2 Å². The van der Waals surface area contributed by atoms with Gasteiger partial charge in [-0.15, -0.1) is 0 Å². The fraction of sp³-hybridized carbons (Fsp3) is 0.500. The molecule has 178 valence electrons. The van der Waals surface area contributed by atoms with Crippen LogP contribution in [0.3, 0.4) is 0 Å². The van der Waals surface area contributed by atoms with Gasteiger partial charge in [0.2, 0.25) is 6.29 Å². The minimum Gasteiger partial charge on any atom is -0.463 e. The summed E-state index contributed by atoms with van der Waals surface area (Å²) >= 11 is 0. The number of carbonyl (C=O) groups is 4. The van der Waals surface area contributed by atoms with Crippen molar-refractivity contribution in [2.24, 2.45) is 0 Å². The van der Waals surface area contributed by atoms with Crippen LogP contribution in [0.15, 0.2) is 24.3 Å². The lowest BCUT2D eigenvalue weighted by atomic mass is 9.98. The molecule has 5 atom stereocenters. The highest BCUT2D eigenvalue weighted by molar-refractivity contribution is 5.68. The quantitative estimate of drug-likeness (QED) is 0.404. The van der Waals surface area contributed by atoms with E-state index < -0.39 is 54.6 Å². The average Bonchev–Trinajstić information content (AvgIpc) is 2.72. The monoisotopic (exact) mass is 463 g/mol. The van der Waals surface area contributed by atoms with E-state index in [1.165, 1.54) is 6.92 Å². The summed E-state index contributed by atoms with van der Waals surface area (Å²) in [7, 11) is 0. The lowest BCUT2D eigenvalue weighted by molar-refractivity contribution is -0.307. The molecular formula is C22H25NO10. The van der Waals surface area contributed by atoms with Crippen molar-refractivity contribution in [1.82, 2.24) is 0 Å². The molecule has 11 nitrogen and oxygen atoms in total. The molecule has 0 saturated carbocycles. The van der Waals surface area contributed by atoms with Crippen molar-refractivity contribution >= 4 is 23.9 Å². The molecule has 1 aliphatic rings. The SMILES string of the molecule is CC(=O)OC[C@H]1OC(OC(C)=O)[C@H](OCc2ccccc2C#N)[C@@H](OC(C)=O)[C@@H]1OC(C)=O. The first kappa shape index (κ1) is 25.8. The zero-order valence-electron chi connectivity index (χ0n) is 18.6. The van der Waals surface area contributed by atoms with Gasteiger partial charge in [0.05, 0.1) is 18.2 Å². The van der Waals surface area contributed by atoms with Crippen molar-refractivity contribution in [2.75, 3.05) is 6.61 Å². The van der Waals surface area contributed by atoms with Crippen LogP contribution < -0.4 is 0 Å². The number of ether oxygens (including phenoxy) is 6. The molecule has 1 aliphatic heterocycles. The van der Waals surface area contributed by atoms with E-state index in [-0.39, 0.29) is 13.2 Å². The van der Waals surface area contributed by atoms with E-state index in [0.717, 1.165) is 20.8 Å². The number of benzene rings is 1. The van der Waals surface area contributed by atoms with E-state index in [0.29, 0.717) is 11.1 Å². The largest absolute Gasteiger partial charge is 0.463 e. The molecule has 1 saturated heterocycles. The van der Waals surface area contributed by atoms with E-state index in [9.17, 15) is 24.4 Å². The number of esters is 4. The van der Waals surface area contributed by atoms with Gasteiger partial charge in [-0.25, -0.2) is 0 Å². The Balaban J connectivity index is 2.41. The summed E-state index contributed by atoms with van der Waals surface area (Å²) in [6.45, 7) is 4.11. The first-order valence-electron chi connectivity index (χ1n) is 10.0. The zero-order valence-corrected chi connectivity index (χ0v) is 18.6. The molecule has 1 aromatic rings. The van der Waals surface area contributed by atoms with Crippen LogP contribution in [-0.2, 0) is 54.2 Å². The van der Waals surface area contributed by atoms with Gasteiger partial charge in [0.15, 0.2) is 18.3 Å². The second-order valence-corrected chi connectivity index (χ2v) is 7.15. The molecule has 11 heteroatoms. The van der Waals surface area contributed by atoms with Gasteiger partial charge in [-0.2, -0.15) is 5.26 Å². The molecule has 1 aromatic carbocycles. The average molecular weight is 463 g/mol. The maximum Gasteiger partial charge on any atom is 0.305 e.